The molecule has 1 radical (unpaired) electrons. The zero-order chi connectivity index (χ0) is 4.28. The van der Waals surface area contributed by atoms with Crippen LogP contribution in [0.4, 0.5) is 0 Å². The highest BCUT2D eigenvalue weighted by Crippen LogP contribution is 1.93. The molecule has 0 aromatic heterocycles. The first kappa shape index (κ1) is 4.98. The molecule has 5 heavy (non-hydrogen) atoms. The third-order valence-corrected chi connectivity index (χ3v) is 0.310. The molecule has 0 aliphatic rings. The summed E-state index contributed by atoms with van der Waals surface area (Å²) in [5, 5.41) is 7.55. The maximum Gasteiger partial charge on any atom is 0.115 e. The lowest BCUT2D eigenvalue weighted by atomic mass is 13.6. The lowest BCUT2D eigenvalue weighted by Gasteiger charge is -1.75. The topological polar surface area (TPSA) is 84.6 Å². The molecular weight excluding hydrogens is 89.0 g/mol. The predicted molar refractivity (Wildman–Crippen MR) is 19.5 cm³/mol. The van der Waals surface area contributed by atoms with Crippen LogP contribution in [-0.4, -0.2) is 5.21 Å². The van der Waals surface area contributed by atoms with Gasteiger partial charge >= 0.3 is 0 Å². The van der Waals surface area contributed by atoms with Crippen molar-refractivity contribution in [1.82, 2.24) is 0 Å². The summed E-state index contributed by atoms with van der Waals surface area (Å²) >= 11 is 0. The average molecular weight is 94.0 g/mol. The van der Waals surface area contributed by atoms with E-state index in [9.17, 15) is 0 Å². The van der Waals surface area contributed by atoms with Gasteiger partial charge < -0.3 is 0 Å². The smallest absolute Gasteiger partial charge is 0.115 e. The van der Waals surface area contributed by atoms with Crippen LogP contribution < -0.4 is 11.0 Å². The van der Waals surface area contributed by atoms with E-state index in [4.69, 9.17) is 16.2 Å². The van der Waals surface area contributed by atoms with Crippen molar-refractivity contribution in [2.75, 3.05) is 0 Å². The molecule has 0 aromatic rings. The van der Waals surface area contributed by atoms with E-state index >= 15 is 0 Å². The molecule has 5 heteroatoms. The van der Waals surface area contributed by atoms with Crippen LogP contribution in [0.5, 0.6) is 0 Å². The van der Waals surface area contributed by atoms with E-state index in [0.717, 1.165) is 0 Å². The molecule has 0 rings (SSSR count). The van der Waals surface area contributed by atoms with Crippen molar-refractivity contribution in [1.29, 1.82) is 0 Å². The SMILES string of the molecule is N[P](N)=NO. The predicted octanol–water partition coefficient (Wildman–Crippen LogP) is -0.211. The van der Waals surface area contributed by atoms with Crippen LogP contribution >= 0.6 is 8.01 Å². The molecule has 0 saturated carbocycles. The van der Waals surface area contributed by atoms with E-state index in [0.29, 0.717) is 0 Å². The zero-order valence-electron chi connectivity index (χ0n) is 2.50. The second-order valence-electron chi connectivity index (χ2n) is 0.469. The Morgan fingerprint density at radius 1 is 1.60 bits per heavy atom. The highest BCUT2D eigenvalue weighted by Gasteiger charge is 1.61. The van der Waals surface area contributed by atoms with Gasteiger partial charge in [-0.15, -0.1) is 0 Å². The molecule has 0 spiro atoms. The minimum Gasteiger partial charge on any atom is -0.263 e. The van der Waals surface area contributed by atoms with Gasteiger partial charge in [0.2, 0.25) is 0 Å². The van der Waals surface area contributed by atoms with Gasteiger partial charge in [0.1, 0.15) is 8.01 Å². The van der Waals surface area contributed by atoms with Crippen LogP contribution in [0.3, 0.4) is 0 Å². The van der Waals surface area contributed by atoms with Gasteiger partial charge in [-0.25, -0.2) is 0 Å². The Bertz CT molecular complexity index is 44.9. The summed E-state index contributed by atoms with van der Waals surface area (Å²) in [4.78, 5) is 2.51. The molecule has 0 amide bonds. The fourth-order valence-electron chi connectivity index (χ4n) is 0. The normalized spacial score (nSPS) is 7.00. The number of nitrogens with two attached hydrogens (primary N) is 2. The zero-order valence-corrected chi connectivity index (χ0v) is 3.39. The second-order valence-corrected chi connectivity index (χ2v) is 1.41. The number of rotatable bonds is 0. The Morgan fingerprint density at radius 2 is 1.80 bits per heavy atom. The monoisotopic (exact) mass is 94.0 g/mol. The highest BCUT2D eigenvalue weighted by molar-refractivity contribution is 7.41. The van der Waals surface area contributed by atoms with E-state index in [-0.39, 0.29) is 0 Å². The Labute approximate surface area is 30.3 Å². The lowest BCUT2D eigenvalue weighted by Crippen LogP contribution is -1.86. The Morgan fingerprint density at radius 3 is 1.80 bits per heavy atom. The number of nitrogens with zero attached hydrogens (tertiary/aromatic N) is 1. The first-order valence-corrected chi connectivity index (χ1v) is 2.35. The summed E-state index contributed by atoms with van der Waals surface area (Å²) in [5.74, 6) is 0. The van der Waals surface area contributed by atoms with Crippen molar-refractivity contribution in [2.45, 2.75) is 0 Å². The summed E-state index contributed by atoms with van der Waals surface area (Å²) < 4.78 is 0. The maximum absolute atomic E-state index is 7.55. The van der Waals surface area contributed by atoms with Crippen molar-refractivity contribution in [3.05, 3.63) is 0 Å². The highest BCUT2D eigenvalue weighted by atomic mass is 31.1. The molecule has 0 bridgehead atoms. The summed E-state index contributed by atoms with van der Waals surface area (Å²) in [5.41, 5.74) is 9.44. The van der Waals surface area contributed by atoms with Crippen LogP contribution in [0.15, 0.2) is 4.91 Å². The number of hydrogen-bond acceptors (Lipinski definition) is 1. The fourth-order valence-corrected chi connectivity index (χ4v) is 0. The molecule has 0 fully saturated rings. The van der Waals surface area contributed by atoms with Crippen molar-refractivity contribution >= 4 is 8.01 Å². The molecule has 0 unspecified atom stereocenters. The Kier molecular flexibility index (Phi) is 2.22. The Balaban J connectivity index is 3.14. The van der Waals surface area contributed by atoms with E-state index < -0.39 is 8.01 Å². The molecule has 0 aliphatic carbocycles. The van der Waals surface area contributed by atoms with Crippen LogP contribution in [0, 0.1) is 0 Å². The van der Waals surface area contributed by atoms with E-state index in [1.807, 2.05) is 0 Å². The van der Waals surface area contributed by atoms with Gasteiger partial charge in [-0.2, -0.15) is 0 Å². The third kappa shape index (κ3) is 3.98. The molecular formula is H5N3OP. The third-order valence-electron chi connectivity index (χ3n) is 0.103. The Hall–Kier alpha value is -0.0200. The van der Waals surface area contributed by atoms with Crippen molar-refractivity contribution in [3.8, 4) is 0 Å². The molecule has 0 aliphatic heterocycles. The van der Waals surface area contributed by atoms with Gasteiger partial charge in [0.05, 0.1) is 0 Å². The first-order valence-electron chi connectivity index (χ1n) is 0.916. The van der Waals surface area contributed by atoms with E-state index in [1.54, 1.807) is 0 Å². The quantitative estimate of drug-likeness (QED) is 0.286. The minimum absolute atomic E-state index is 1.42. The van der Waals surface area contributed by atoms with Crippen LogP contribution in [0.25, 0.3) is 0 Å². The fraction of sp³-hybridized carbons (Fsp3) is 0. The first-order chi connectivity index (χ1) is 2.27. The molecule has 31 valence electrons. The van der Waals surface area contributed by atoms with Gasteiger partial charge in [0.15, 0.2) is 0 Å². The van der Waals surface area contributed by atoms with Gasteiger partial charge in [0.25, 0.3) is 0 Å². The van der Waals surface area contributed by atoms with Gasteiger partial charge in [0, 0.05) is 0 Å². The van der Waals surface area contributed by atoms with E-state index in [1.165, 1.54) is 0 Å². The van der Waals surface area contributed by atoms with Crippen LogP contribution in [0.2, 0.25) is 0 Å². The van der Waals surface area contributed by atoms with Gasteiger partial charge in [-0.3, -0.25) is 16.2 Å². The van der Waals surface area contributed by atoms with Gasteiger partial charge in [-0.1, -0.05) is 4.91 Å². The minimum atomic E-state index is -1.42. The second kappa shape index (κ2) is 2.23. The molecule has 4 nitrogen and oxygen atoms in total. The maximum atomic E-state index is 7.55. The van der Waals surface area contributed by atoms with Crippen molar-refractivity contribution in [2.24, 2.45) is 15.9 Å². The van der Waals surface area contributed by atoms with E-state index in [2.05, 4.69) is 4.91 Å². The lowest BCUT2D eigenvalue weighted by molar-refractivity contribution is 0.327. The van der Waals surface area contributed by atoms with Crippen LogP contribution in [-0.2, 0) is 0 Å². The molecule has 0 aromatic carbocycles. The largest absolute Gasteiger partial charge is 0.263 e. The summed E-state index contributed by atoms with van der Waals surface area (Å²) in [6, 6.07) is 0. The molecule has 0 heterocycles. The molecule has 0 atom stereocenters. The summed E-state index contributed by atoms with van der Waals surface area (Å²) in [6.07, 6.45) is 0. The summed E-state index contributed by atoms with van der Waals surface area (Å²) in [6.45, 7) is 0. The summed E-state index contributed by atoms with van der Waals surface area (Å²) in [7, 11) is -1.42. The standard InChI is InChI=1S/H5N3OP/c1-5(2)3-4/h4H,(H4,1,2,3). The van der Waals surface area contributed by atoms with Crippen molar-refractivity contribution < 1.29 is 5.21 Å². The number of hydrogen-bond donors (Lipinski definition) is 3. The molecule has 5 N–H and O–H groups in total. The van der Waals surface area contributed by atoms with Crippen molar-refractivity contribution in [3.63, 3.8) is 0 Å². The van der Waals surface area contributed by atoms with Gasteiger partial charge in [-0.05, 0) is 0 Å². The average Bonchev–Trinajstić information content (AvgIpc) is 1.38. The van der Waals surface area contributed by atoms with Crippen LogP contribution in [0.1, 0.15) is 0 Å². The molecule has 0 saturated heterocycles.